The summed E-state index contributed by atoms with van der Waals surface area (Å²) in [4.78, 5) is 16.3. The van der Waals surface area contributed by atoms with Gasteiger partial charge in [0.25, 0.3) is 0 Å². The van der Waals surface area contributed by atoms with Crippen molar-refractivity contribution in [3.05, 3.63) is 29.8 Å². The lowest BCUT2D eigenvalue weighted by atomic mass is 9.99. The predicted molar refractivity (Wildman–Crippen MR) is 83.7 cm³/mol. The standard InChI is InChI=1S/C17H24N2O3/c1-18(2)17(20)15-8-14-10-19(11-16(15)22-14)9-12-4-6-13(21-3)7-5-12/h4-7,14-16H,8-11H2,1-3H3/t14-,15+,16-/m1/s1. The molecule has 0 aliphatic carbocycles. The van der Waals surface area contributed by atoms with Crippen molar-refractivity contribution in [1.82, 2.24) is 9.80 Å². The van der Waals surface area contributed by atoms with Crippen LogP contribution in [0.5, 0.6) is 5.75 Å². The van der Waals surface area contributed by atoms with Crippen molar-refractivity contribution in [2.45, 2.75) is 25.2 Å². The first kappa shape index (κ1) is 15.3. The number of rotatable bonds is 4. The third-order valence-corrected chi connectivity index (χ3v) is 4.56. The van der Waals surface area contributed by atoms with Crippen molar-refractivity contribution in [1.29, 1.82) is 0 Å². The molecule has 3 rings (SSSR count). The molecule has 2 saturated heterocycles. The Balaban J connectivity index is 1.62. The van der Waals surface area contributed by atoms with E-state index in [2.05, 4.69) is 17.0 Å². The number of nitrogens with zero attached hydrogens (tertiary/aromatic N) is 2. The molecule has 0 N–H and O–H groups in total. The number of hydrogen-bond donors (Lipinski definition) is 0. The summed E-state index contributed by atoms with van der Waals surface area (Å²) in [5.41, 5.74) is 1.26. The molecule has 2 bridgehead atoms. The van der Waals surface area contributed by atoms with Crippen LogP contribution >= 0.6 is 0 Å². The smallest absolute Gasteiger partial charge is 0.227 e. The number of carbonyl (C=O) groups is 1. The highest BCUT2D eigenvalue weighted by Crippen LogP contribution is 2.33. The molecule has 2 fully saturated rings. The third-order valence-electron chi connectivity index (χ3n) is 4.56. The minimum atomic E-state index is 0.0147. The van der Waals surface area contributed by atoms with Gasteiger partial charge in [-0.2, -0.15) is 0 Å². The van der Waals surface area contributed by atoms with Crippen LogP contribution in [-0.4, -0.2) is 62.2 Å². The van der Waals surface area contributed by atoms with Gasteiger partial charge in [0, 0.05) is 33.7 Å². The molecular formula is C17H24N2O3. The average Bonchev–Trinajstić information content (AvgIpc) is 2.81. The predicted octanol–water partition coefficient (Wildman–Crippen LogP) is 1.37. The number of methoxy groups -OCH3 is 1. The quantitative estimate of drug-likeness (QED) is 0.842. The van der Waals surface area contributed by atoms with E-state index in [0.717, 1.165) is 31.8 Å². The number of benzene rings is 1. The lowest BCUT2D eigenvalue weighted by Gasteiger charge is -2.33. The molecule has 3 atom stereocenters. The highest BCUT2D eigenvalue weighted by Gasteiger charge is 2.44. The molecule has 1 aromatic carbocycles. The van der Waals surface area contributed by atoms with E-state index in [9.17, 15) is 4.79 Å². The van der Waals surface area contributed by atoms with Crippen LogP contribution in [-0.2, 0) is 16.1 Å². The zero-order chi connectivity index (χ0) is 15.7. The number of carbonyl (C=O) groups excluding carboxylic acids is 1. The van der Waals surface area contributed by atoms with Gasteiger partial charge in [0.05, 0.1) is 25.2 Å². The molecule has 2 aliphatic rings. The van der Waals surface area contributed by atoms with E-state index < -0.39 is 0 Å². The van der Waals surface area contributed by atoms with Gasteiger partial charge in [-0.25, -0.2) is 0 Å². The Hall–Kier alpha value is -1.59. The summed E-state index contributed by atoms with van der Waals surface area (Å²) in [6.45, 7) is 2.62. The second-order valence-corrected chi connectivity index (χ2v) is 6.41. The molecule has 0 radical (unpaired) electrons. The van der Waals surface area contributed by atoms with Crippen LogP contribution < -0.4 is 4.74 Å². The summed E-state index contributed by atoms with van der Waals surface area (Å²) in [5.74, 6) is 1.09. The molecule has 1 aromatic rings. The van der Waals surface area contributed by atoms with Gasteiger partial charge in [-0.3, -0.25) is 9.69 Å². The molecular weight excluding hydrogens is 280 g/mol. The monoisotopic (exact) mass is 304 g/mol. The van der Waals surface area contributed by atoms with Crippen LogP contribution in [0.1, 0.15) is 12.0 Å². The summed E-state index contributed by atoms with van der Waals surface area (Å²) < 4.78 is 11.2. The Morgan fingerprint density at radius 3 is 2.68 bits per heavy atom. The maximum atomic E-state index is 12.2. The summed E-state index contributed by atoms with van der Waals surface area (Å²) >= 11 is 0. The van der Waals surface area contributed by atoms with Crippen molar-refractivity contribution >= 4 is 5.91 Å². The van der Waals surface area contributed by atoms with Crippen LogP contribution in [0, 0.1) is 5.92 Å². The molecule has 0 unspecified atom stereocenters. The van der Waals surface area contributed by atoms with Crippen molar-refractivity contribution in [2.24, 2.45) is 5.92 Å². The van der Waals surface area contributed by atoms with Crippen LogP contribution in [0.4, 0.5) is 0 Å². The largest absolute Gasteiger partial charge is 0.497 e. The molecule has 0 aromatic heterocycles. The molecule has 5 nitrogen and oxygen atoms in total. The van der Waals surface area contributed by atoms with E-state index >= 15 is 0 Å². The normalized spacial score (nSPS) is 27.7. The summed E-state index contributed by atoms with van der Waals surface area (Å²) in [6.07, 6.45) is 1.07. The number of fused-ring (bicyclic) bond motifs is 2. The fourth-order valence-corrected chi connectivity index (χ4v) is 3.45. The second kappa shape index (κ2) is 6.26. The topological polar surface area (TPSA) is 42.0 Å². The number of amides is 1. The fourth-order valence-electron chi connectivity index (χ4n) is 3.45. The second-order valence-electron chi connectivity index (χ2n) is 6.41. The Morgan fingerprint density at radius 1 is 1.32 bits per heavy atom. The van der Waals surface area contributed by atoms with E-state index in [1.807, 2.05) is 26.2 Å². The molecule has 1 amide bonds. The van der Waals surface area contributed by atoms with Crippen molar-refractivity contribution in [3.8, 4) is 5.75 Å². The number of ether oxygens (including phenoxy) is 2. The first-order chi connectivity index (χ1) is 10.6. The average molecular weight is 304 g/mol. The lowest BCUT2D eigenvalue weighted by Crippen LogP contribution is -2.44. The molecule has 0 spiro atoms. The summed E-state index contributed by atoms with van der Waals surface area (Å²) in [7, 11) is 5.32. The zero-order valence-electron chi connectivity index (χ0n) is 13.5. The molecule has 0 saturated carbocycles. The fraction of sp³-hybridized carbons (Fsp3) is 0.588. The van der Waals surface area contributed by atoms with E-state index in [4.69, 9.17) is 9.47 Å². The summed E-state index contributed by atoms with van der Waals surface area (Å²) in [6, 6.07) is 8.17. The molecule has 22 heavy (non-hydrogen) atoms. The maximum absolute atomic E-state index is 12.2. The van der Waals surface area contributed by atoms with E-state index in [0.29, 0.717) is 0 Å². The van der Waals surface area contributed by atoms with Gasteiger partial charge < -0.3 is 14.4 Å². The van der Waals surface area contributed by atoms with Crippen LogP contribution in [0.15, 0.2) is 24.3 Å². The Labute approximate surface area is 131 Å². The first-order valence-electron chi connectivity index (χ1n) is 7.78. The van der Waals surface area contributed by atoms with Gasteiger partial charge in [-0.15, -0.1) is 0 Å². The Bertz CT molecular complexity index is 529. The Kier molecular flexibility index (Phi) is 4.36. The minimum Gasteiger partial charge on any atom is -0.497 e. The van der Waals surface area contributed by atoms with Gasteiger partial charge in [-0.1, -0.05) is 12.1 Å². The molecule has 5 heteroatoms. The van der Waals surface area contributed by atoms with Crippen LogP contribution in [0.25, 0.3) is 0 Å². The molecule has 2 aliphatic heterocycles. The van der Waals surface area contributed by atoms with Crippen LogP contribution in [0.3, 0.4) is 0 Å². The first-order valence-corrected chi connectivity index (χ1v) is 7.78. The SMILES string of the molecule is COc1ccc(CN2C[C@H]3C[C@H](C(=O)N(C)C)[C@@H](C2)O3)cc1. The maximum Gasteiger partial charge on any atom is 0.227 e. The van der Waals surface area contributed by atoms with Crippen molar-refractivity contribution < 1.29 is 14.3 Å². The Morgan fingerprint density at radius 2 is 2.05 bits per heavy atom. The zero-order valence-corrected chi connectivity index (χ0v) is 13.5. The number of morpholine rings is 1. The van der Waals surface area contributed by atoms with Gasteiger partial charge in [0.1, 0.15) is 5.75 Å². The highest BCUT2D eigenvalue weighted by atomic mass is 16.5. The third kappa shape index (κ3) is 3.10. The van der Waals surface area contributed by atoms with Gasteiger partial charge in [0.15, 0.2) is 0 Å². The van der Waals surface area contributed by atoms with Crippen molar-refractivity contribution in [2.75, 3.05) is 34.3 Å². The molecule has 120 valence electrons. The van der Waals surface area contributed by atoms with E-state index in [1.165, 1.54) is 5.56 Å². The van der Waals surface area contributed by atoms with Gasteiger partial charge in [0.2, 0.25) is 5.91 Å². The van der Waals surface area contributed by atoms with Gasteiger partial charge >= 0.3 is 0 Å². The van der Waals surface area contributed by atoms with Crippen molar-refractivity contribution in [3.63, 3.8) is 0 Å². The van der Waals surface area contributed by atoms with E-state index in [-0.39, 0.29) is 24.0 Å². The van der Waals surface area contributed by atoms with E-state index in [1.54, 1.807) is 12.0 Å². The molecule has 2 heterocycles. The highest BCUT2D eigenvalue weighted by molar-refractivity contribution is 5.79. The minimum absolute atomic E-state index is 0.0147. The van der Waals surface area contributed by atoms with Gasteiger partial charge in [-0.05, 0) is 24.1 Å². The summed E-state index contributed by atoms with van der Waals surface area (Å²) in [5, 5.41) is 0. The number of hydrogen-bond acceptors (Lipinski definition) is 4. The van der Waals surface area contributed by atoms with Crippen LogP contribution in [0.2, 0.25) is 0 Å². The lowest BCUT2D eigenvalue weighted by molar-refractivity contribution is -0.136. The number of likely N-dealkylation sites (tertiary alicyclic amines) is 1.